The first-order chi connectivity index (χ1) is 9.90. The van der Waals surface area contributed by atoms with Crippen LogP contribution < -0.4 is 10.4 Å². The molecule has 114 valence electrons. The average Bonchev–Trinajstić information content (AvgIpc) is 2.72. The van der Waals surface area contributed by atoms with Crippen LogP contribution in [0.3, 0.4) is 0 Å². The number of nitrogens with one attached hydrogen (secondary N) is 1. The fraction of sp³-hybridized carbons (Fsp3) is 0.357. The zero-order chi connectivity index (χ0) is 16.0. The Labute approximate surface area is 126 Å². The highest BCUT2D eigenvalue weighted by molar-refractivity contribution is 7.16. The zero-order valence-corrected chi connectivity index (χ0v) is 12.8. The third-order valence-corrected chi connectivity index (χ3v) is 3.71. The fourth-order valence-electron chi connectivity index (χ4n) is 1.81. The minimum atomic E-state index is -1.47. The molecule has 1 aromatic heterocycles. The van der Waals surface area contributed by atoms with E-state index in [4.69, 9.17) is 4.74 Å². The molecule has 1 amide bonds. The standard InChI is InChI=1S/C14H17NO5S/c1-4-9-8(3)21-13(12(9)14(19)20-5-2)15-10(16)6-7-11(17)18/h6-7H,4-5H2,1-3H3,(H,15,16)(H,17,18)/p-1. The molecule has 1 N–H and O–H groups in total. The van der Waals surface area contributed by atoms with Gasteiger partial charge in [-0.2, -0.15) is 0 Å². The van der Waals surface area contributed by atoms with E-state index in [1.54, 1.807) is 6.92 Å². The summed E-state index contributed by atoms with van der Waals surface area (Å²) in [5.74, 6) is -2.61. The van der Waals surface area contributed by atoms with Crippen LogP contribution >= 0.6 is 11.3 Å². The molecule has 0 saturated carbocycles. The Morgan fingerprint density at radius 3 is 2.48 bits per heavy atom. The van der Waals surface area contributed by atoms with Gasteiger partial charge in [-0.25, -0.2) is 4.79 Å². The number of carboxylic acid groups (broad SMARTS) is 1. The van der Waals surface area contributed by atoms with Gasteiger partial charge < -0.3 is 20.0 Å². The molecule has 0 radical (unpaired) electrons. The highest BCUT2D eigenvalue weighted by Gasteiger charge is 2.22. The van der Waals surface area contributed by atoms with Crippen LogP contribution in [0.4, 0.5) is 5.00 Å². The van der Waals surface area contributed by atoms with Gasteiger partial charge in [-0.15, -0.1) is 11.3 Å². The van der Waals surface area contributed by atoms with E-state index in [2.05, 4.69) is 5.32 Å². The van der Waals surface area contributed by atoms with Gasteiger partial charge in [-0.05, 0) is 31.9 Å². The average molecular weight is 310 g/mol. The van der Waals surface area contributed by atoms with Crippen LogP contribution in [0.2, 0.25) is 0 Å². The zero-order valence-electron chi connectivity index (χ0n) is 12.0. The molecule has 0 aliphatic heterocycles. The fourth-order valence-corrected chi connectivity index (χ4v) is 2.94. The van der Waals surface area contributed by atoms with Crippen LogP contribution in [0.1, 0.15) is 34.6 Å². The lowest BCUT2D eigenvalue weighted by Crippen LogP contribution is -2.20. The van der Waals surface area contributed by atoms with Crippen molar-refractivity contribution in [2.24, 2.45) is 0 Å². The van der Waals surface area contributed by atoms with Gasteiger partial charge >= 0.3 is 5.97 Å². The lowest BCUT2D eigenvalue weighted by Gasteiger charge is -2.06. The number of amides is 1. The van der Waals surface area contributed by atoms with E-state index in [-0.39, 0.29) is 6.61 Å². The third-order valence-electron chi connectivity index (χ3n) is 2.65. The van der Waals surface area contributed by atoms with Crippen molar-refractivity contribution >= 4 is 34.2 Å². The maximum absolute atomic E-state index is 12.0. The molecule has 0 aliphatic rings. The monoisotopic (exact) mass is 310 g/mol. The minimum absolute atomic E-state index is 0.231. The van der Waals surface area contributed by atoms with Crippen LogP contribution in [-0.2, 0) is 20.7 Å². The Morgan fingerprint density at radius 2 is 1.95 bits per heavy atom. The second-order valence-electron chi connectivity index (χ2n) is 4.06. The van der Waals surface area contributed by atoms with Crippen molar-refractivity contribution in [2.45, 2.75) is 27.2 Å². The summed E-state index contributed by atoms with van der Waals surface area (Å²) in [5, 5.41) is 13.1. The largest absolute Gasteiger partial charge is 0.545 e. The van der Waals surface area contributed by atoms with Gasteiger partial charge in [0.1, 0.15) is 5.00 Å². The van der Waals surface area contributed by atoms with Crippen molar-refractivity contribution in [2.75, 3.05) is 11.9 Å². The topological polar surface area (TPSA) is 95.5 Å². The maximum Gasteiger partial charge on any atom is 0.341 e. The Bertz CT molecular complexity index is 588. The number of rotatable bonds is 6. The van der Waals surface area contributed by atoms with E-state index in [0.29, 0.717) is 23.1 Å². The van der Waals surface area contributed by atoms with Crippen molar-refractivity contribution < 1.29 is 24.2 Å². The second kappa shape index (κ2) is 7.58. The Balaban J connectivity index is 3.09. The molecule has 0 fully saturated rings. The number of esters is 1. The molecular weight excluding hydrogens is 294 g/mol. The Hall–Kier alpha value is -2.15. The van der Waals surface area contributed by atoms with E-state index in [1.807, 2.05) is 13.8 Å². The molecule has 0 spiro atoms. The molecule has 0 bridgehead atoms. The molecule has 0 saturated heterocycles. The minimum Gasteiger partial charge on any atom is -0.545 e. The summed E-state index contributed by atoms with van der Waals surface area (Å²) in [7, 11) is 0. The van der Waals surface area contributed by atoms with E-state index in [0.717, 1.165) is 16.5 Å². The van der Waals surface area contributed by atoms with Gasteiger partial charge in [-0.1, -0.05) is 6.92 Å². The van der Waals surface area contributed by atoms with Gasteiger partial charge in [0.2, 0.25) is 5.91 Å². The molecule has 1 aromatic rings. The van der Waals surface area contributed by atoms with Crippen LogP contribution in [0.5, 0.6) is 0 Å². The van der Waals surface area contributed by atoms with Gasteiger partial charge in [0.15, 0.2) is 0 Å². The van der Waals surface area contributed by atoms with Crippen molar-refractivity contribution in [1.29, 1.82) is 0 Å². The first-order valence-corrected chi connectivity index (χ1v) is 7.21. The number of thiophene rings is 1. The van der Waals surface area contributed by atoms with E-state index < -0.39 is 17.8 Å². The van der Waals surface area contributed by atoms with Crippen molar-refractivity contribution in [3.63, 3.8) is 0 Å². The van der Waals surface area contributed by atoms with Crippen molar-refractivity contribution in [3.05, 3.63) is 28.2 Å². The van der Waals surface area contributed by atoms with E-state index in [1.165, 1.54) is 11.3 Å². The highest BCUT2D eigenvalue weighted by atomic mass is 32.1. The number of carbonyl (C=O) groups excluding carboxylic acids is 3. The number of carboxylic acids is 1. The summed E-state index contributed by atoms with van der Waals surface area (Å²) in [5.41, 5.74) is 1.15. The summed E-state index contributed by atoms with van der Waals surface area (Å²) < 4.78 is 5.00. The first-order valence-electron chi connectivity index (χ1n) is 6.40. The van der Waals surface area contributed by atoms with Crippen LogP contribution in [0, 0.1) is 6.92 Å². The number of carbonyl (C=O) groups is 3. The maximum atomic E-state index is 12.0. The van der Waals surface area contributed by atoms with Gasteiger partial charge in [0, 0.05) is 11.0 Å². The predicted octanol–water partition coefficient (Wildman–Crippen LogP) is 1.04. The first kappa shape index (κ1) is 16.9. The molecular formula is C14H16NO5S-. The molecule has 1 rings (SSSR count). The lowest BCUT2D eigenvalue weighted by molar-refractivity contribution is -0.297. The normalized spacial score (nSPS) is 10.6. The number of ether oxygens (including phenoxy) is 1. The molecule has 7 heteroatoms. The summed E-state index contributed by atoms with van der Waals surface area (Å²) in [4.78, 5) is 34.8. The van der Waals surface area contributed by atoms with Gasteiger partial charge in [-0.3, -0.25) is 4.79 Å². The molecule has 6 nitrogen and oxygen atoms in total. The summed E-state index contributed by atoms with van der Waals surface area (Å²) in [6, 6.07) is 0. The van der Waals surface area contributed by atoms with Crippen LogP contribution in [0.25, 0.3) is 0 Å². The summed E-state index contributed by atoms with van der Waals surface area (Å²) in [6.07, 6.45) is 2.09. The van der Waals surface area contributed by atoms with E-state index >= 15 is 0 Å². The van der Waals surface area contributed by atoms with Gasteiger partial charge in [0.05, 0.1) is 18.1 Å². The number of aliphatic carboxylic acids is 1. The Kier molecular flexibility index (Phi) is 6.10. The van der Waals surface area contributed by atoms with Crippen LogP contribution in [-0.4, -0.2) is 24.5 Å². The number of hydrogen-bond acceptors (Lipinski definition) is 6. The highest BCUT2D eigenvalue weighted by Crippen LogP contribution is 2.34. The third kappa shape index (κ3) is 4.42. The molecule has 0 aliphatic carbocycles. The predicted molar refractivity (Wildman–Crippen MR) is 77.2 cm³/mol. The van der Waals surface area contributed by atoms with Crippen molar-refractivity contribution in [1.82, 2.24) is 0 Å². The molecule has 0 aromatic carbocycles. The summed E-state index contributed by atoms with van der Waals surface area (Å²) in [6.45, 7) is 5.68. The molecule has 1 heterocycles. The SMILES string of the molecule is CCOC(=O)c1c(NC(=O)C=CC(=O)[O-])sc(C)c1CC. The molecule has 0 atom stereocenters. The summed E-state index contributed by atoms with van der Waals surface area (Å²) >= 11 is 1.25. The molecule has 21 heavy (non-hydrogen) atoms. The smallest absolute Gasteiger partial charge is 0.341 e. The number of anilines is 1. The Morgan fingerprint density at radius 1 is 1.29 bits per heavy atom. The quantitative estimate of drug-likeness (QED) is 0.625. The van der Waals surface area contributed by atoms with Crippen LogP contribution in [0.15, 0.2) is 12.2 Å². The molecule has 0 unspecified atom stereocenters. The number of aryl methyl sites for hydroxylation is 1. The second-order valence-corrected chi connectivity index (χ2v) is 5.28. The van der Waals surface area contributed by atoms with E-state index in [9.17, 15) is 19.5 Å². The van der Waals surface area contributed by atoms with Gasteiger partial charge in [0.25, 0.3) is 0 Å². The number of hydrogen-bond donors (Lipinski definition) is 1. The van der Waals surface area contributed by atoms with Crippen molar-refractivity contribution in [3.8, 4) is 0 Å². The lowest BCUT2D eigenvalue weighted by atomic mass is 10.1.